The molecular formula is C11H15N3O2. The molecule has 2 N–H and O–H groups in total. The summed E-state index contributed by atoms with van der Waals surface area (Å²) in [7, 11) is 3.29. The number of imidazole rings is 1. The fourth-order valence-electron chi connectivity index (χ4n) is 1.73. The molecule has 0 saturated heterocycles. The van der Waals surface area contributed by atoms with Crippen molar-refractivity contribution in [2.24, 2.45) is 0 Å². The first-order valence-electron chi connectivity index (χ1n) is 4.99. The summed E-state index contributed by atoms with van der Waals surface area (Å²) >= 11 is 0. The van der Waals surface area contributed by atoms with Crippen LogP contribution in [0.2, 0.25) is 0 Å². The highest BCUT2D eigenvalue weighted by molar-refractivity contribution is 5.87. The second kappa shape index (κ2) is 4.51. The van der Waals surface area contributed by atoms with Crippen molar-refractivity contribution in [2.45, 2.75) is 13.3 Å². The molecule has 5 heteroatoms. The van der Waals surface area contributed by atoms with Gasteiger partial charge in [-0.25, -0.2) is 4.98 Å². The third kappa shape index (κ3) is 1.75. The number of methoxy groups -OCH3 is 2. The molecule has 0 amide bonds. The van der Waals surface area contributed by atoms with Crippen molar-refractivity contribution in [1.82, 2.24) is 9.55 Å². The van der Waals surface area contributed by atoms with Gasteiger partial charge in [0, 0.05) is 14.2 Å². The standard InChI is InChI=1S/C11H15N3O2/c1-15-6-10-13-11-8(12)4-3-5-9(11)14(10)7-16-2/h3-5H,6-7,12H2,1-2H3. The van der Waals surface area contributed by atoms with Crippen LogP contribution in [0.15, 0.2) is 18.2 Å². The van der Waals surface area contributed by atoms with Crippen LogP contribution in [0.25, 0.3) is 11.0 Å². The molecule has 0 aliphatic carbocycles. The van der Waals surface area contributed by atoms with E-state index in [0.29, 0.717) is 19.0 Å². The Labute approximate surface area is 93.8 Å². The number of anilines is 1. The lowest BCUT2D eigenvalue weighted by molar-refractivity contribution is 0.118. The second-order valence-electron chi connectivity index (χ2n) is 3.52. The van der Waals surface area contributed by atoms with Crippen LogP contribution in [0, 0.1) is 0 Å². The highest BCUT2D eigenvalue weighted by atomic mass is 16.5. The molecular weight excluding hydrogens is 206 g/mol. The maximum Gasteiger partial charge on any atom is 0.137 e. The van der Waals surface area contributed by atoms with E-state index in [4.69, 9.17) is 15.2 Å². The van der Waals surface area contributed by atoms with E-state index in [0.717, 1.165) is 16.9 Å². The summed E-state index contributed by atoms with van der Waals surface area (Å²) in [6, 6.07) is 5.71. The number of fused-ring (bicyclic) bond motifs is 1. The third-order valence-electron chi connectivity index (χ3n) is 2.42. The number of rotatable bonds is 4. The SMILES string of the molecule is COCc1nc2c(N)cccc2n1COC. The minimum Gasteiger partial charge on any atom is -0.397 e. The predicted molar refractivity (Wildman–Crippen MR) is 61.9 cm³/mol. The molecule has 2 rings (SSSR count). The Kier molecular flexibility index (Phi) is 3.07. The number of nitrogen functional groups attached to an aromatic ring is 1. The number of nitrogens with two attached hydrogens (primary N) is 1. The zero-order valence-electron chi connectivity index (χ0n) is 9.43. The second-order valence-corrected chi connectivity index (χ2v) is 3.52. The van der Waals surface area contributed by atoms with Crippen molar-refractivity contribution < 1.29 is 9.47 Å². The maximum absolute atomic E-state index is 5.87. The van der Waals surface area contributed by atoms with Gasteiger partial charge in [0.25, 0.3) is 0 Å². The average molecular weight is 221 g/mol. The van der Waals surface area contributed by atoms with Crippen LogP contribution in [0.4, 0.5) is 5.69 Å². The number of benzene rings is 1. The minimum absolute atomic E-state index is 0.442. The Balaban J connectivity index is 2.60. The van der Waals surface area contributed by atoms with E-state index in [2.05, 4.69) is 4.98 Å². The molecule has 0 spiro atoms. The molecule has 0 aliphatic rings. The molecule has 0 fully saturated rings. The van der Waals surface area contributed by atoms with Crippen LogP contribution in [0.3, 0.4) is 0 Å². The van der Waals surface area contributed by atoms with E-state index >= 15 is 0 Å². The van der Waals surface area contributed by atoms with Gasteiger partial charge in [-0.2, -0.15) is 0 Å². The monoisotopic (exact) mass is 221 g/mol. The van der Waals surface area contributed by atoms with E-state index in [1.165, 1.54) is 0 Å². The van der Waals surface area contributed by atoms with Crippen molar-refractivity contribution in [1.29, 1.82) is 0 Å². The predicted octanol–water partition coefficient (Wildman–Crippen LogP) is 1.37. The molecule has 5 nitrogen and oxygen atoms in total. The smallest absolute Gasteiger partial charge is 0.137 e. The summed E-state index contributed by atoms with van der Waals surface area (Å²) in [5.41, 5.74) is 8.31. The number of hydrogen-bond donors (Lipinski definition) is 1. The van der Waals surface area contributed by atoms with Crippen molar-refractivity contribution >= 4 is 16.7 Å². The summed E-state index contributed by atoms with van der Waals surface area (Å²) in [6.07, 6.45) is 0. The lowest BCUT2D eigenvalue weighted by Gasteiger charge is -2.06. The quantitative estimate of drug-likeness (QED) is 0.792. The molecule has 0 aliphatic heterocycles. The number of para-hydroxylation sites is 1. The van der Waals surface area contributed by atoms with Gasteiger partial charge < -0.3 is 19.8 Å². The fraction of sp³-hybridized carbons (Fsp3) is 0.364. The van der Waals surface area contributed by atoms with E-state index in [1.54, 1.807) is 14.2 Å². The Hall–Kier alpha value is -1.59. The lowest BCUT2D eigenvalue weighted by Crippen LogP contribution is -2.06. The van der Waals surface area contributed by atoms with Crippen LogP contribution in [0.1, 0.15) is 5.82 Å². The van der Waals surface area contributed by atoms with Gasteiger partial charge in [-0.05, 0) is 12.1 Å². The highest BCUT2D eigenvalue weighted by Gasteiger charge is 2.11. The molecule has 0 bridgehead atoms. The van der Waals surface area contributed by atoms with Crippen molar-refractivity contribution in [3.8, 4) is 0 Å². The van der Waals surface area contributed by atoms with E-state index < -0.39 is 0 Å². The maximum atomic E-state index is 5.87. The average Bonchev–Trinajstić information content (AvgIpc) is 2.61. The van der Waals surface area contributed by atoms with E-state index in [9.17, 15) is 0 Å². The summed E-state index contributed by atoms with van der Waals surface area (Å²) in [5.74, 6) is 0.817. The lowest BCUT2D eigenvalue weighted by atomic mass is 10.3. The summed E-state index contributed by atoms with van der Waals surface area (Å²) in [6.45, 7) is 0.885. The van der Waals surface area contributed by atoms with Gasteiger partial charge >= 0.3 is 0 Å². The molecule has 2 aromatic rings. The third-order valence-corrected chi connectivity index (χ3v) is 2.42. The molecule has 0 saturated carbocycles. The Morgan fingerprint density at radius 1 is 1.31 bits per heavy atom. The van der Waals surface area contributed by atoms with Crippen molar-refractivity contribution in [3.63, 3.8) is 0 Å². The molecule has 0 unspecified atom stereocenters. The zero-order chi connectivity index (χ0) is 11.5. The largest absolute Gasteiger partial charge is 0.397 e. The van der Waals surface area contributed by atoms with Crippen LogP contribution < -0.4 is 5.73 Å². The molecule has 0 radical (unpaired) electrons. The molecule has 1 aromatic carbocycles. The first kappa shape index (κ1) is 10.9. The fourth-order valence-corrected chi connectivity index (χ4v) is 1.73. The topological polar surface area (TPSA) is 62.3 Å². The van der Waals surface area contributed by atoms with Gasteiger partial charge in [0.1, 0.15) is 24.7 Å². The van der Waals surface area contributed by atoms with Crippen LogP contribution in [-0.2, 0) is 22.8 Å². The van der Waals surface area contributed by atoms with Crippen LogP contribution in [-0.4, -0.2) is 23.8 Å². The Bertz CT molecular complexity index is 493. The number of aromatic nitrogens is 2. The molecule has 16 heavy (non-hydrogen) atoms. The Morgan fingerprint density at radius 2 is 2.12 bits per heavy atom. The number of ether oxygens (including phenoxy) is 2. The molecule has 86 valence electrons. The van der Waals surface area contributed by atoms with Crippen molar-refractivity contribution in [3.05, 3.63) is 24.0 Å². The van der Waals surface area contributed by atoms with Crippen LogP contribution >= 0.6 is 0 Å². The summed E-state index contributed by atoms with van der Waals surface area (Å²) in [5, 5.41) is 0. The van der Waals surface area contributed by atoms with Crippen LogP contribution in [0.5, 0.6) is 0 Å². The van der Waals surface area contributed by atoms with E-state index in [-0.39, 0.29) is 0 Å². The van der Waals surface area contributed by atoms with Gasteiger partial charge in [0.15, 0.2) is 0 Å². The molecule has 1 heterocycles. The number of hydrogen-bond acceptors (Lipinski definition) is 4. The van der Waals surface area contributed by atoms with E-state index in [1.807, 2.05) is 22.8 Å². The summed E-state index contributed by atoms with van der Waals surface area (Å²) < 4.78 is 12.2. The highest BCUT2D eigenvalue weighted by Crippen LogP contribution is 2.22. The first-order chi connectivity index (χ1) is 7.77. The van der Waals surface area contributed by atoms with Crippen molar-refractivity contribution in [2.75, 3.05) is 20.0 Å². The minimum atomic E-state index is 0.442. The molecule has 0 atom stereocenters. The zero-order valence-corrected chi connectivity index (χ0v) is 9.43. The van der Waals surface area contributed by atoms with Gasteiger partial charge in [0.2, 0.25) is 0 Å². The molecule has 1 aromatic heterocycles. The van der Waals surface area contributed by atoms with Gasteiger partial charge in [-0.15, -0.1) is 0 Å². The normalized spacial score (nSPS) is 11.1. The van der Waals surface area contributed by atoms with Gasteiger partial charge in [0.05, 0.1) is 11.2 Å². The number of nitrogens with zero attached hydrogens (tertiary/aromatic N) is 2. The van der Waals surface area contributed by atoms with Gasteiger partial charge in [-0.3, -0.25) is 0 Å². The Morgan fingerprint density at radius 3 is 2.81 bits per heavy atom. The first-order valence-corrected chi connectivity index (χ1v) is 4.99. The van der Waals surface area contributed by atoms with Gasteiger partial charge in [-0.1, -0.05) is 6.07 Å². The summed E-state index contributed by atoms with van der Waals surface area (Å²) in [4.78, 5) is 4.45.